The van der Waals surface area contributed by atoms with Gasteiger partial charge in [0.1, 0.15) is 16.1 Å². The first-order valence-electron chi connectivity index (χ1n) is 6.49. The highest BCUT2D eigenvalue weighted by Gasteiger charge is 2.40. The summed E-state index contributed by atoms with van der Waals surface area (Å²) < 4.78 is 15.5. The second kappa shape index (κ2) is 5.71. The molecule has 19 heavy (non-hydrogen) atoms. The standard InChI is InChI=1S/C13H24N2O3S/c1-12(2,3)19(18)14-7-6-10-8-13(4,5)15(9-10)11(16)17/h7,10H,6,8-9H2,1-5H3,(H,16,17)/t10-,19?/m0/s1. The topological polar surface area (TPSA) is 76.0 Å². The summed E-state index contributed by atoms with van der Waals surface area (Å²) >= 11 is -1.23. The van der Waals surface area contributed by atoms with Crippen molar-refractivity contribution in [3.05, 3.63) is 0 Å². The lowest BCUT2D eigenvalue weighted by atomic mass is 9.95. The number of hydrogen-bond acceptors (Lipinski definition) is 3. The number of carbonyl (C=O) groups is 1. The van der Waals surface area contributed by atoms with E-state index < -0.39 is 17.5 Å². The van der Waals surface area contributed by atoms with Gasteiger partial charge in [0.15, 0.2) is 0 Å². The predicted octanol–water partition coefficient (Wildman–Crippen LogP) is 2.69. The van der Waals surface area contributed by atoms with Crippen LogP contribution in [0.15, 0.2) is 4.40 Å². The Bertz CT molecular complexity index is 363. The fourth-order valence-electron chi connectivity index (χ4n) is 2.30. The Morgan fingerprint density at radius 2 is 2.16 bits per heavy atom. The maximum absolute atomic E-state index is 11.7. The molecule has 1 fully saturated rings. The molecule has 0 aliphatic carbocycles. The van der Waals surface area contributed by atoms with E-state index in [1.54, 1.807) is 6.21 Å². The molecule has 2 atom stereocenters. The van der Waals surface area contributed by atoms with Gasteiger partial charge in [-0.25, -0.2) is 4.79 Å². The molecular weight excluding hydrogens is 264 g/mol. The van der Waals surface area contributed by atoms with Gasteiger partial charge in [-0.15, -0.1) is 0 Å². The molecule has 0 saturated carbocycles. The van der Waals surface area contributed by atoms with Gasteiger partial charge in [-0.1, -0.05) is 4.40 Å². The molecule has 0 aromatic heterocycles. The van der Waals surface area contributed by atoms with Gasteiger partial charge in [0.2, 0.25) is 0 Å². The number of rotatable bonds is 3. The molecule has 0 aromatic rings. The molecule has 1 unspecified atom stereocenters. The monoisotopic (exact) mass is 288 g/mol. The van der Waals surface area contributed by atoms with Crippen LogP contribution in [0.3, 0.4) is 0 Å². The van der Waals surface area contributed by atoms with E-state index in [-0.39, 0.29) is 16.2 Å². The van der Waals surface area contributed by atoms with Crippen molar-refractivity contribution in [3.63, 3.8) is 0 Å². The maximum Gasteiger partial charge on any atom is 0.407 e. The zero-order valence-corrected chi connectivity index (χ0v) is 13.2. The third-order valence-corrected chi connectivity index (χ3v) is 4.71. The van der Waals surface area contributed by atoms with Crippen molar-refractivity contribution < 1.29 is 14.5 Å². The fraction of sp³-hybridized carbons (Fsp3) is 0.846. The van der Waals surface area contributed by atoms with Gasteiger partial charge in [-0.05, 0) is 53.4 Å². The molecule has 5 nitrogen and oxygen atoms in total. The Kier molecular flexibility index (Phi) is 4.90. The van der Waals surface area contributed by atoms with E-state index in [0.717, 1.165) is 6.42 Å². The van der Waals surface area contributed by atoms with Crippen LogP contribution in [0.4, 0.5) is 4.79 Å². The molecule has 110 valence electrons. The van der Waals surface area contributed by atoms with Crippen LogP contribution < -0.4 is 0 Å². The molecule has 1 aliphatic rings. The van der Waals surface area contributed by atoms with Gasteiger partial charge in [-0.3, -0.25) is 0 Å². The minimum Gasteiger partial charge on any atom is -0.591 e. The number of likely N-dealkylation sites (tertiary alicyclic amines) is 1. The summed E-state index contributed by atoms with van der Waals surface area (Å²) in [7, 11) is 0. The first kappa shape index (κ1) is 16.3. The van der Waals surface area contributed by atoms with Crippen LogP contribution >= 0.6 is 0 Å². The summed E-state index contributed by atoms with van der Waals surface area (Å²) in [4.78, 5) is 12.6. The Balaban J connectivity index is 2.53. The minimum absolute atomic E-state index is 0.256. The lowest BCUT2D eigenvalue weighted by molar-refractivity contribution is 0.117. The average molecular weight is 288 g/mol. The Hall–Kier alpha value is -0.750. The first-order valence-corrected chi connectivity index (χ1v) is 7.60. The molecule has 1 rings (SSSR count). The summed E-state index contributed by atoms with van der Waals surface area (Å²) in [5.74, 6) is 0.256. The second-order valence-corrected chi connectivity index (χ2v) is 8.59. The lowest BCUT2D eigenvalue weighted by Gasteiger charge is -2.28. The predicted molar refractivity (Wildman–Crippen MR) is 77.9 cm³/mol. The van der Waals surface area contributed by atoms with Crippen LogP contribution in [0.25, 0.3) is 0 Å². The second-order valence-electron chi connectivity index (χ2n) is 6.66. The largest absolute Gasteiger partial charge is 0.591 e. The quantitative estimate of drug-likeness (QED) is 0.640. The van der Waals surface area contributed by atoms with Crippen molar-refractivity contribution in [2.45, 2.75) is 57.7 Å². The van der Waals surface area contributed by atoms with Crippen LogP contribution in [0.5, 0.6) is 0 Å². The summed E-state index contributed by atoms with van der Waals surface area (Å²) in [6.07, 6.45) is 2.30. The Morgan fingerprint density at radius 3 is 2.58 bits per heavy atom. The van der Waals surface area contributed by atoms with Crippen LogP contribution in [-0.2, 0) is 11.4 Å². The van der Waals surface area contributed by atoms with E-state index in [4.69, 9.17) is 5.11 Å². The number of nitrogens with zero attached hydrogens (tertiary/aromatic N) is 2. The van der Waals surface area contributed by atoms with Gasteiger partial charge in [-0.2, -0.15) is 0 Å². The Labute approximate surface area is 118 Å². The number of carboxylic acid groups (broad SMARTS) is 1. The summed E-state index contributed by atoms with van der Waals surface area (Å²) in [5.41, 5.74) is -0.326. The molecule has 1 aliphatic heterocycles. The normalized spacial score (nSPS) is 24.9. The van der Waals surface area contributed by atoms with Crippen molar-refractivity contribution in [1.29, 1.82) is 0 Å². The van der Waals surface area contributed by atoms with E-state index in [1.165, 1.54) is 4.90 Å². The van der Waals surface area contributed by atoms with Crippen molar-refractivity contribution in [2.24, 2.45) is 10.3 Å². The summed E-state index contributed by atoms with van der Waals surface area (Å²) in [5, 5.41) is 9.13. The van der Waals surface area contributed by atoms with Crippen molar-refractivity contribution in [3.8, 4) is 0 Å². The highest BCUT2D eigenvalue weighted by atomic mass is 32.2. The van der Waals surface area contributed by atoms with Gasteiger partial charge in [0, 0.05) is 12.1 Å². The molecule has 6 heteroatoms. The van der Waals surface area contributed by atoms with Gasteiger partial charge >= 0.3 is 6.09 Å². The zero-order valence-electron chi connectivity index (χ0n) is 12.3. The van der Waals surface area contributed by atoms with E-state index in [2.05, 4.69) is 4.40 Å². The molecular formula is C13H24N2O3S. The molecule has 1 saturated heterocycles. The Morgan fingerprint density at radius 1 is 1.58 bits per heavy atom. The van der Waals surface area contributed by atoms with Gasteiger partial charge < -0.3 is 14.6 Å². The lowest BCUT2D eigenvalue weighted by Crippen LogP contribution is -2.41. The number of amides is 1. The van der Waals surface area contributed by atoms with Crippen LogP contribution in [0.2, 0.25) is 0 Å². The smallest absolute Gasteiger partial charge is 0.407 e. The number of hydrogen-bond donors (Lipinski definition) is 1. The van der Waals surface area contributed by atoms with E-state index in [0.29, 0.717) is 13.0 Å². The van der Waals surface area contributed by atoms with E-state index in [9.17, 15) is 9.35 Å². The minimum atomic E-state index is -1.23. The molecule has 0 bridgehead atoms. The van der Waals surface area contributed by atoms with Gasteiger partial charge in [0.25, 0.3) is 0 Å². The molecule has 0 aromatic carbocycles. The van der Waals surface area contributed by atoms with Crippen LogP contribution in [-0.4, -0.2) is 43.7 Å². The third kappa shape index (κ3) is 4.38. The molecule has 0 spiro atoms. The summed E-state index contributed by atoms with van der Waals surface area (Å²) in [6.45, 7) is 10.0. The van der Waals surface area contributed by atoms with Gasteiger partial charge in [0.05, 0.1) is 6.21 Å². The average Bonchev–Trinajstić information content (AvgIpc) is 2.52. The van der Waals surface area contributed by atoms with Crippen molar-refractivity contribution >= 4 is 23.7 Å². The SMILES string of the molecule is CC1(C)C[C@H](CC=N[S+]([O-])C(C)(C)C)CN1C(=O)O. The molecule has 0 radical (unpaired) electrons. The highest BCUT2D eigenvalue weighted by molar-refractivity contribution is 7.91. The fourth-order valence-corrected chi connectivity index (χ4v) is 2.84. The van der Waals surface area contributed by atoms with Crippen LogP contribution in [0, 0.1) is 5.92 Å². The molecule has 1 N–H and O–H groups in total. The van der Waals surface area contributed by atoms with Crippen molar-refractivity contribution in [1.82, 2.24) is 4.90 Å². The maximum atomic E-state index is 11.7. The molecule has 1 heterocycles. The molecule has 1 amide bonds. The highest BCUT2D eigenvalue weighted by Crippen LogP contribution is 2.34. The third-order valence-electron chi connectivity index (χ3n) is 3.32. The summed E-state index contributed by atoms with van der Waals surface area (Å²) in [6, 6.07) is 0. The zero-order chi connectivity index (χ0) is 14.8. The van der Waals surface area contributed by atoms with Crippen LogP contribution in [0.1, 0.15) is 47.5 Å². The first-order chi connectivity index (χ1) is 8.54. The van der Waals surface area contributed by atoms with E-state index in [1.807, 2.05) is 34.6 Å². The van der Waals surface area contributed by atoms with E-state index >= 15 is 0 Å². The van der Waals surface area contributed by atoms with Crippen molar-refractivity contribution in [2.75, 3.05) is 6.54 Å².